The number of carbonyl (C=O) groups is 1. The van der Waals surface area contributed by atoms with Crippen molar-refractivity contribution < 1.29 is 9.90 Å². The first kappa shape index (κ1) is 19.6. The van der Waals surface area contributed by atoms with Crippen LogP contribution in [0.4, 0.5) is 5.82 Å². The fourth-order valence-electron chi connectivity index (χ4n) is 3.79. The highest BCUT2D eigenvalue weighted by Gasteiger charge is 2.30. The summed E-state index contributed by atoms with van der Waals surface area (Å²) >= 11 is 0. The third-order valence-electron chi connectivity index (χ3n) is 5.70. The van der Waals surface area contributed by atoms with Crippen LogP contribution in [-0.2, 0) is 17.9 Å². The Balaban J connectivity index is 1.26. The molecule has 1 aromatic carbocycles. The average molecular weight is 443 g/mol. The number of carbonyl (C=O) groups excluding carboxylic acids is 1. The van der Waals surface area contributed by atoms with Gasteiger partial charge in [-0.3, -0.25) is 9.48 Å². The van der Waals surface area contributed by atoms with Gasteiger partial charge in [-0.2, -0.15) is 10.2 Å². The normalized spacial score (nSPS) is 13.7. The van der Waals surface area contributed by atoms with Crippen LogP contribution in [0.1, 0.15) is 18.5 Å². The molecular formula is C22H21N9O2. The molecule has 0 saturated heterocycles. The number of imidazole rings is 1. The molecular weight excluding hydrogens is 422 g/mol. The van der Waals surface area contributed by atoms with Crippen molar-refractivity contribution >= 4 is 28.4 Å². The van der Waals surface area contributed by atoms with Crippen molar-refractivity contribution in [2.24, 2.45) is 5.92 Å². The topological polar surface area (TPSA) is 128 Å². The molecule has 4 heterocycles. The minimum absolute atomic E-state index is 0.0189. The predicted molar refractivity (Wildman–Crippen MR) is 119 cm³/mol. The Bertz CT molecular complexity index is 1480. The second kappa shape index (κ2) is 7.78. The highest BCUT2D eigenvalue weighted by molar-refractivity contribution is 5.93. The number of amides is 1. The van der Waals surface area contributed by atoms with Gasteiger partial charge in [0.05, 0.1) is 43.3 Å². The SMILES string of the molecule is O=C(Nc1cn2nc(Cn3nnc4ccc(-c5cnn(CCO)c5)cc43)ccc2n1)C1CC1. The van der Waals surface area contributed by atoms with E-state index in [0.717, 1.165) is 40.7 Å². The highest BCUT2D eigenvalue weighted by Crippen LogP contribution is 2.30. The van der Waals surface area contributed by atoms with Crippen LogP contribution < -0.4 is 5.32 Å². The van der Waals surface area contributed by atoms with Crippen LogP contribution in [0, 0.1) is 5.92 Å². The lowest BCUT2D eigenvalue weighted by atomic mass is 10.1. The lowest BCUT2D eigenvalue weighted by molar-refractivity contribution is -0.117. The van der Waals surface area contributed by atoms with Crippen molar-refractivity contribution in [1.29, 1.82) is 0 Å². The van der Waals surface area contributed by atoms with Gasteiger partial charge < -0.3 is 10.4 Å². The van der Waals surface area contributed by atoms with Crippen molar-refractivity contribution in [2.75, 3.05) is 11.9 Å². The predicted octanol–water partition coefficient (Wildman–Crippen LogP) is 1.73. The fourth-order valence-corrected chi connectivity index (χ4v) is 3.79. The van der Waals surface area contributed by atoms with E-state index >= 15 is 0 Å². The summed E-state index contributed by atoms with van der Waals surface area (Å²) in [5, 5.41) is 29.4. The maximum atomic E-state index is 12.0. The summed E-state index contributed by atoms with van der Waals surface area (Å²) in [6, 6.07) is 9.70. The van der Waals surface area contributed by atoms with E-state index in [-0.39, 0.29) is 18.4 Å². The molecule has 33 heavy (non-hydrogen) atoms. The maximum absolute atomic E-state index is 12.0. The smallest absolute Gasteiger partial charge is 0.228 e. The number of benzene rings is 1. The molecule has 0 atom stereocenters. The van der Waals surface area contributed by atoms with Crippen LogP contribution in [-0.4, -0.2) is 57.0 Å². The number of hydrogen-bond donors (Lipinski definition) is 2. The summed E-state index contributed by atoms with van der Waals surface area (Å²) in [6.07, 6.45) is 7.29. The van der Waals surface area contributed by atoms with E-state index in [1.807, 2.05) is 36.5 Å². The lowest BCUT2D eigenvalue weighted by Crippen LogP contribution is -2.13. The first-order chi connectivity index (χ1) is 16.2. The summed E-state index contributed by atoms with van der Waals surface area (Å²) in [4.78, 5) is 16.4. The average Bonchev–Trinajstić information content (AvgIpc) is 3.25. The zero-order valence-electron chi connectivity index (χ0n) is 17.7. The number of aliphatic hydroxyl groups is 1. The van der Waals surface area contributed by atoms with Crippen LogP contribution >= 0.6 is 0 Å². The van der Waals surface area contributed by atoms with Gasteiger partial charge >= 0.3 is 0 Å². The molecule has 6 rings (SSSR count). The van der Waals surface area contributed by atoms with Crippen LogP contribution in [0.25, 0.3) is 27.8 Å². The van der Waals surface area contributed by atoms with Gasteiger partial charge in [0, 0.05) is 17.7 Å². The number of nitrogens with one attached hydrogen (secondary N) is 1. The number of hydrogen-bond acceptors (Lipinski definition) is 7. The molecule has 0 radical (unpaired) electrons. The van der Waals surface area contributed by atoms with Gasteiger partial charge in [-0.05, 0) is 42.7 Å². The van der Waals surface area contributed by atoms with Gasteiger partial charge in [0.2, 0.25) is 5.91 Å². The first-order valence-electron chi connectivity index (χ1n) is 10.8. The Hall–Kier alpha value is -4.12. The minimum Gasteiger partial charge on any atom is -0.394 e. The summed E-state index contributed by atoms with van der Waals surface area (Å²) in [5.41, 5.74) is 5.06. The van der Waals surface area contributed by atoms with E-state index in [4.69, 9.17) is 5.11 Å². The van der Waals surface area contributed by atoms with E-state index < -0.39 is 0 Å². The summed E-state index contributed by atoms with van der Waals surface area (Å²) < 4.78 is 5.18. The van der Waals surface area contributed by atoms with Crippen molar-refractivity contribution in [1.82, 2.24) is 39.4 Å². The highest BCUT2D eigenvalue weighted by atomic mass is 16.3. The van der Waals surface area contributed by atoms with Gasteiger partial charge in [-0.15, -0.1) is 5.10 Å². The number of rotatable bonds is 7. The zero-order valence-corrected chi connectivity index (χ0v) is 17.7. The van der Waals surface area contributed by atoms with E-state index in [1.165, 1.54) is 0 Å². The summed E-state index contributed by atoms with van der Waals surface area (Å²) in [7, 11) is 0. The molecule has 1 saturated carbocycles. The van der Waals surface area contributed by atoms with E-state index in [2.05, 4.69) is 30.8 Å². The van der Waals surface area contributed by atoms with Crippen molar-refractivity contribution in [3.05, 3.63) is 54.6 Å². The number of fused-ring (bicyclic) bond motifs is 2. The quantitative estimate of drug-likeness (QED) is 0.392. The van der Waals surface area contributed by atoms with E-state index in [9.17, 15) is 4.79 Å². The fraction of sp³-hybridized carbons (Fsp3) is 0.273. The molecule has 1 aliphatic rings. The van der Waals surface area contributed by atoms with Gasteiger partial charge in [-0.25, -0.2) is 14.2 Å². The van der Waals surface area contributed by atoms with Gasteiger partial charge in [0.25, 0.3) is 0 Å². The van der Waals surface area contributed by atoms with Gasteiger partial charge in [0.1, 0.15) is 5.52 Å². The molecule has 2 N–H and O–H groups in total. The zero-order chi connectivity index (χ0) is 22.4. The first-order valence-corrected chi connectivity index (χ1v) is 10.8. The molecule has 0 spiro atoms. The number of aliphatic hydroxyl groups excluding tert-OH is 1. The molecule has 4 aromatic heterocycles. The van der Waals surface area contributed by atoms with Crippen molar-refractivity contribution in [3.8, 4) is 11.1 Å². The molecule has 166 valence electrons. The van der Waals surface area contributed by atoms with Gasteiger partial charge in [0.15, 0.2) is 11.5 Å². The second-order valence-electron chi connectivity index (χ2n) is 8.18. The molecule has 11 heteroatoms. The summed E-state index contributed by atoms with van der Waals surface area (Å²) in [6.45, 7) is 0.928. The van der Waals surface area contributed by atoms with Crippen molar-refractivity contribution in [3.63, 3.8) is 0 Å². The van der Waals surface area contributed by atoms with Crippen LogP contribution in [0.15, 0.2) is 48.9 Å². The Morgan fingerprint density at radius 3 is 2.91 bits per heavy atom. The molecule has 1 fully saturated rings. The third kappa shape index (κ3) is 3.82. The number of anilines is 1. The molecule has 5 aromatic rings. The monoisotopic (exact) mass is 443 g/mol. The molecule has 0 bridgehead atoms. The van der Waals surface area contributed by atoms with Crippen LogP contribution in [0.3, 0.4) is 0 Å². The van der Waals surface area contributed by atoms with Crippen LogP contribution in [0.5, 0.6) is 0 Å². The lowest BCUT2D eigenvalue weighted by Gasteiger charge is -2.04. The van der Waals surface area contributed by atoms with E-state index in [0.29, 0.717) is 24.6 Å². The minimum atomic E-state index is 0.0189. The third-order valence-corrected chi connectivity index (χ3v) is 5.70. The van der Waals surface area contributed by atoms with E-state index in [1.54, 1.807) is 26.3 Å². The number of nitrogens with zero attached hydrogens (tertiary/aromatic N) is 8. The number of aromatic nitrogens is 8. The van der Waals surface area contributed by atoms with Gasteiger partial charge in [-0.1, -0.05) is 11.3 Å². The Morgan fingerprint density at radius 1 is 1.15 bits per heavy atom. The summed E-state index contributed by atoms with van der Waals surface area (Å²) in [5.74, 6) is 0.646. The van der Waals surface area contributed by atoms with Crippen molar-refractivity contribution in [2.45, 2.75) is 25.9 Å². The standard InChI is InChI=1S/C22H21N9O2/c32-8-7-29-11-16(10-23-29)15-3-5-18-19(9-15)30(28-26-18)12-17-4-6-21-24-20(13-31(21)27-17)25-22(33)14-1-2-14/h3-6,9-11,13-14,32H,1-2,7-8,12H2,(H,25,33). The van der Waals surface area contributed by atoms with Crippen LogP contribution in [0.2, 0.25) is 0 Å². The molecule has 11 nitrogen and oxygen atoms in total. The Labute approximate surface area is 187 Å². The molecule has 0 aliphatic heterocycles. The maximum Gasteiger partial charge on any atom is 0.228 e. The molecule has 0 unspecified atom stereocenters. The Morgan fingerprint density at radius 2 is 2.06 bits per heavy atom. The second-order valence-corrected chi connectivity index (χ2v) is 8.18. The molecule has 1 amide bonds. The molecule has 1 aliphatic carbocycles. The largest absolute Gasteiger partial charge is 0.394 e. The Kier molecular flexibility index (Phi) is 4.61.